The molecule has 1 rings (SSSR count). The van der Waals surface area contributed by atoms with Crippen LogP contribution in [0.3, 0.4) is 0 Å². The monoisotopic (exact) mass is 286 g/mol. The number of hydrogen-bond donors (Lipinski definition) is 1. The molecule has 100 valence electrons. The molecule has 1 aromatic rings. The summed E-state index contributed by atoms with van der Waals surface area (Å²) in [5.41, 5.74) is 6.64. The molecule has 0 aliphatic carbocycles. The van der Waals surface area contributed by atoms with E-state index >= 15 is 0 Å². The zero-order valence-electron chi connectivity index (χ0n) is 10.9. The lowest BCUT2D eigenvalue weighted by molar-refractivity contribution is 0.600. The molecule has 18 heavy (non-hydrogen) atoms. The van der Waals surface area contributed by atoms with Crippen LogP contribution >= 0.6 is 24.0 Å². The van der Waals surface area contributed by atoms with Gasteiger partial charge in [0, 0.05) is 18.7 Å². The summed E-state index contributed by atoms with van der Waals surface area (Å²) in [4.78, 5) is 2.17. The zero-order chi connectivity index (χ0) is 13.7. The molecule has 0 bridgehead atoms. The number of anilines is 1. The van der Waals surface area contributed by atoms with E-state index < -0.39 is 0 Å². The maximum Gasteiger partial charge on any atom is 0.147 e. The van der Waals surface area contributed by atoms with Crippen LogP contribution in [0.5, 0.6) is 0 Å². The number of benzene rings is 1. The number of hydrogen-bond acceptors (Lipinski definition) is 3. The average molecular weight is 286 g/mol. The van der Waals surface area contributed by atoms with Crippen LogP contribution in [0.15, 0.2) is 18.2 Å². The lowest BCUT2D eigenvalue weighted by atomic mass is 10.1. The molecule has 1 unspecified atom stereocenters. The highest BCUT2D eigenvalue weighted by molar-refractivity contribution is 7.98. The van der Waals surface area contributed by atoms with Crippen LogP contribution in [0.25, 0.3) is 0 Å². The lowest BCUT2D eigenvalue weighted by Crippen LogP contribution is -2.30. The van der Waals surface area contributed by atoms with Crippen LogP contribution in [-0.2, 0) is 0 Å². The minimum Gasteiger partial charge on any atom is -0.389 e. The summed E-state index contributed by atoms with van der Waals surface area (Å²) in [5, 5.41) is 0. The van der Waals surface area contributed by atoms with E-state index in [1.54, 1.807) is 23.9 Å². The highest BCUT2D eigenvalue weighted by Crippen LogP contribution is 2.22. The second kappa shape index (κ2) is 6.95. The summed E-state index contributed by atoms with van der Waals surface area (Å²) in [7, 11) is 1.91. The molecule has 0 amide bonds. The van der Waals surface area contributed by atoms with E-state index in [2.05, 4.69) is 13.2 Å². The van der Waals surface area contributed by atoms with Gasteiger partial charge in [-0.1, -0.05) is 12.2 Å². The van der Waals surface area contributed by atoms with Gasteiger partial charge < -0.3 is 10.6 Å². The number of thioether (sulfide) groups is 1. The Hall–Kier alpha value is -0.810. The summed E-state index contributed by atoms with van der Waals surface area (Å²) in [6.07, 6.45) is 3.10. The highest BCUT2D eigenvalue weighted by Gasteiger charge is 2.14. The third kappa shape index (κ3) is 3.85. The van der Waals surface area contributed by atoms with E-state index in [0.29, 0.717) is 17.3 Å². The van der Waals surface area contributed by atoms with Crippen LogP contribution in [0, 0.1) is 5.82 Å². The van der Waals surface area contributed by atoms with E-state index in [0.717, 1.165) is 12.2 Å². The molecule has 0 spiro atoms. The van der Waals surface area contributed by atoms with Crippen LogP contribution in [0.4, 0.5) is 10.1 Å². The Labute approximate surface area is 118 Å². The second-order valence-corrected chi connectivity index (χ2v) is 5.70. The summed E-state index contributed by atoms with van der Waals surface area (Å²) < 4.78 is 14.0. The van der Waals surface area contributed by atoms with Gasteiger partial charge in [0.05, 0.1) is 5.69 Å². The SMILES string of the molecule is CSCCC(C)N(C)c1ccc(C(N)=S)cc1F. The summed E-state index contributed by atoms with van der Waals surface area (Å²) >= 11 is 6.63. The first-order valence-electron chi connectivity index (χ1n) is 5.78. The minimum absolute atomic E-state index is 0.221. The molecule has 0 fully saturated rings. The summed E-state index contributed by atoms with van der Waals surface area (Å²) in [6, 6.07) is 5.19. The van der Waals surface area contributed by atoms with E-state index in [-0.39, 0.29) is 10.8 Å². The molecule has 1 aromatic carbocycles. The largest absolute Gasteiger partial charge is 0.389 e. The van der Waals surface area contributed by atoms with Crippen molar-refractivity contribution in [2.75, 3.05) is 24.0 Å². The Morgan fingerprint density at radius 3 is 2.72 bits per heavy atom. The molecule has 0 radical (unpaired) electrons. The quantitative estimate of drug-likeness (QED) is 0.814. The maximum atomic E-state index is 14.0. The van der Waals surface area contributed by atoms with Crippen molar-refractivity contribution in [1.29, 1.82) is 0 Å². The molecule has 2 N–H and O–H groups in total. The van der Waals surface area contributed by atoms with Crippen molar-refractivity contribution >= 4 is 34.7 Å². The molecule has 0 aliphatic rings. The molecular formula is C13H19FN2S2. The second-order valence-electron chi connectivity index (χ2n) is 4.27. The van der Waals surface area contributed by atoms with Gasteiger partial charge in [0.15, 0.2) is 0 Å². The highest BCUT2D eigenvalue weighted by atomic mass is 32.2. The van der Waals surface area contributed by atoms with Crippen molar-refractivity contribution in [3.8, 4) is 0 Å². The van der Waals surface area contributed by atoms with Crippen molar-refractivity contribution in [2.24, 2.45) is 5.73 Å². The van der Waals surface area contributed by atoms with Crippen LogP contribution in [0.2, 0.25) is 0 Å². The van der Waals surface area contributed by atoms with Crippen molar-refractivity contribution in [3.63, 3.8) is 0 Å². The van der Waals surface area contributed by atoms with Gasteiger partial charge in [0.2, 0.25) is 0 Å². The van der Waals surface area contributed by atoms with Gasteiger partial charge in [0.25, 0.3) is 0 Å². The van der Waals surface area contributed by atoms with Gasteiger partial charge in [-0.15, -0.1) is 0 Å². The fourth-order valence-corrected chi connectivity index (χ4v) is 2.37. The van der Waals surface area contributed by atoms with E-state index in [1.165, 1.54) is 6.07 Å². The van der Waals surface area contributed by atoms with Crippen LogP contribution in [-0.4, -0.2) is 30.1 Å². The third-order valence-corrected chi connectivity index (χ3v) is 3.89. The molecule has 5 heteroatoms. The standard InChI is InChI=1S/C13H19FN2S2/c1-9(6-7-18-3)16(2)12-5-4-10(13(15)17)8-11(12)14/h4-5,8-9H,6-7H2,1-3H3,(H2,15,17). The Morgan fingerprint density at radius 2 is 2.22 bits per heavy atom. The molecule has 0 aromatic heterocycles. The molecular weight excluding hydrogens is 267 g/mol. The summed E-state index contributed by atoms with van der Waals surface area (Å²) in [5.74, 6) is 0.789. The minimum atomic E-state index is -0.279. The third-order valence-electron chi connectivity index (χ3n) is 3.01. The fraction of sp³-hybridized carbons (Fsp3) is 0.462. The van der Waals surface area contributed by atoms with Crippen molar-refractivity contribution < 1.29 is 4.39 Å². The number of nitrogens with zero attached hydrogens (tertiary/aromatic N) is 1. The topological polar surface area (TPSA) is 29.3 Å². The van der Waals surface area contributed by atoms with E-state index in [9.17, 15) is 4.39 Å². The Kier molecular flexibility index (Phi) is 5.88. The molecule has 0 saturated heterocycles. The van der Waals surface area contributed by atoms with E-state index in [1.807, 2.05) is 11.9 Å². The predicted octanol–water partition coefficient (Wildman–Crippen LogP) is 3.04. The fourth-order valence-electron chi connectivity index (χ4n) is 1.67. The molecule has 0 heterocycles. The molecule has 1 atom stereocenters. The number of thiocarbonyl (C=S) groups is 1. The Balaban J connectivity index is 2.86. The molecule has 2 nitrogen and oxygen atoms in total. The number of nitrogens with two attached hydrogens (primary N) is 1. The van der Waals surface area contributed by atoms with Gasteiger partial charge in [-0.25, -0.2) is 4.39 Å². The van der Waals surface area contributed by atoms with E-state index in [4.69, 9.17) is 18.0 Å². The van der Waals surface area contributed by atoms with Crippen molar-refractivity contribution in [3.05, 3.63) is 29.6 Å². The molecule has 0 aliphatic heterocycles. The Morgan fingerprint density at radius 1 is 1.56 bits per heavy atom. The zero-order valence-corrected chi connectivity index (χ0v) is 12.6. The number of halogens is 1. The Bertz CT molecular complexity index is 423. The molecule has 0 saturated carbocycles. The first kappa shape index (κ1) is 15.2. The van der Waals surface area contributed by atoms with Gasteiger partial charge in [-0.3, -0.25) is 0 Å². The summed E-state index contributed by atoms with van der Waals surface area (Å²) in [6.45, 7) is 2.09. The number of rotatable bonds is 6. The smallest absolute Gasteiger partial charge is 0.147 e. The van der Waals surface area contributed by atoms with Gasteiger partial charge in [0.1, 0.15) is 10.8 Å². The van der Waals surface area contributed by atoms with Gasteiger partial charge >= 0.3 is 0 Å². The van der Waals surface area contributed by atoms with Crippen LogP contribution in [0.1, 0.15) is 18.9 Å². The first-order valence-corrected chi connectivity index (χ1v) is 7.58. The maximum absolute atomic E-state index is 14.0. The average Bonchev–Trinajstić information content (AvgIpc) is 2.34. The van der Waals surface area contributed by atoms with Crippen molar-refractivity contribution in [1.82, 2.24) is 0 Å². The van der Waals surface area contributed by atoms with Crippen molar-refractivity contribution in [2.45, 2.75) is 19.4 Å². The normalized spacial score (nSPS) is 12.2. The van der Waals surface area contributed by atoms with Gasteiger partial charge in [-0.05, 0) is 43.6 Å². The van der Waals surface area contributed by atoms with Gasteiger partial charge in [-0.2, -0.15) is 11.8 Å². The predicted molar refractivity (Wildman–Crippen MR) is 83.2 cm³/mol. The first-order chi connectivity index (χ1) is 8.47. The van der Waals surface area contributed by atoms with Crippen LogP contribution < -0.4 is 10.6 Å². The lowest BCUT2D eigenvalue weighted by Gasteiger charge is -2.27.